The first-order valence-electron chi connectivity index (χ1n) is 16.6. The van der Waals surface area contributed by atoms with Crippen LogP contribution in [0.5, 0.6) is 0 Å². The number of nitrogens with one attached hydrogen (secondary N) is 1. The summed E-state index contributed by atoms with van der Waals surface area (Å²) in [5.74, 6) is 1.45. The molecule has 0 saturated carbocycles. The Balaban J connectivity index is 1.20. The van der Waals surface area contributed by atoms with E-state index in [4.69, 9.17) is 14.4 Å². The molecule has 1 unspecified atom stereocenters. The summed E-state index contributed by atoms with van der Waals surface area (Å²) in [5.41, 5.74) is 7.03. The van der Waals surface area contributed by atoms with Gasteiger partial charge in [0.2, 0.25) is 0 Å². The predicted molar refractivity (Wildman–Crippen MR) is 204 cm³/mol. The fourth-order valence-electron chi connectivity index (χ4n) is 7.34. The lowest BCUT2D eigenvalue weighted by Crippen LogP contribution is -2.33. The van der Waals surface area contributed by atoms with Crippen LogP contribution in [0.25, 0.3) is 65.4 Å². The topological polar surface area (TPSA) is 49.9 Å². The van der Waals surface area contributed by atoms with Gasteiger partial charge in [0.25, 0.3) is 0 Å². The number of rotatable bonds is 4. The Bertz CT molecular complexity index is 2810. The number of amidine groups is 2. The molecule has 1 aliphatic heterocycles. The van der Waals surface area contributed by atoms with Gasteiger partial charge < -0.3 is 9.73 Å². The highest BCUT2D eigenvalue weighted by Crippen LogP contribution is 2.36. The molecular weight excluding hydrogens is 599 g/mol. The number of aliphatic imine (C=N–C) groups is 2. The Labute approximate surface area is 282 Å². The molecule has 4 nitrogen and oxygen atoms in total. The van der Waals surface area contributed by atoms with E-state index in [1.807, 2.05) is 24.3 Å². The van der Waals surface area contributed by atoms with Crippen molar-refractivity contribution in [3.05, 3.63) is 180 Å². The van der Waals surface area contributed by atoms with Crippen molar-refractivity contribution in [3.63, 3.8) is 0 Å². The van der Waals surface area contributed by atoms with Gasteiger partial charge in [-0.05, 0) is 79.3 Å². The predicted octanol–water partition coefficient (Wildman–Crippen LogP) is 11.2. The summed E-state index contributed by atoms with van der Waals surface area (Å²) >= 11 is 0. The van der Waals surface area contributed by atoms with E-state index in [0.717, 1.165) is 49.9 Å². The Hall–Kier alpha value is -6.52. The van der Waals surface area contributed by atoms with Gasteiger partial charge in [0, 0.05) is 21.9 Å². The van der Waals surface area contributed by atoms with Crippen molar-refractivity contribution in [3.8, 4) is 11.1 Å². The van der Waals surface area contributed by atoms with Crippen molar-refractivity contribution in [2.45, 2.75) is 6.17 Å². The third-order valence-corrected chi connectivity index (χ3v) is 9.69. The molecule has 1 N–H and O–H groups in total. The average molecular weight is 628 g/mol. The second kappa shape index (κ2) is 11.0. The highest BCUT2D eigenvalue weighted by Gasteiger charge is 2.24. The van der Waals surface area contributed by atoms with E-state index in [1.54, 1.807) is 0 Å². The summed E-state index contributed by atoms with van der Waals surface area (Å²) in [4.78, 5) is 10.6. The Kier molecular flexibility index (Phi) is 6.21. The maximum atomic E-state index is 6.29. The van der Waals surface area contributed by atoms with Crippen LogP contribution in [-0.4, -0.2) is 11.7 Å². The monoisotopic (exact) mass is 627 g/mol. The summed E-state index contributed by atoms with van der Waals surface area (Å²) in [6.07, 6.45) is -0.370. The molecule has 0 saturated heterocycles. The highest BCUT2D eigenvalue weighted by molar-refractivity contribution is 6.22. The van der Waals surface area contributed by atoms with Gasteiger partial charge in [0.15, 0.2) is 5.84 Å². The van der Waals surface area contributed by atoms with Gasteiger partial charge >= 0.3 is 0 Å². The zero-order valence-electron chi connectivity index (χ0n) is 26.5. The van der Waals surface area contributed by atoms with E-state index in [0.29, 0.717) is 5.84 Å². The van der Waals surface area contributed by atoms with Gasteiger partial charge in [-0.2, -0.15) is 0 Å². The lowest BCUT2D eigenvalue weighted by molar-refractivity contribution is 0.668. The van der Waals surface area contributed by atoms with Crippen LogP contribution in [0.3, 0.4) is 0 Å². The first-order chi connectivity index (χ1) is 24.3. The zero-order chi connectivity index (χ0) is 32.3. The van der Waals surface area contributed by atoms with Gasteiger partial charge in [0.1, 0.15) is 23.2 Å². The number of furan rings is 1. The fourth-order valence-corrected chi connectivity index (χ4v) is 7.34. The molecule has 2 heterocycles. The van der Waals surface area contributed by atoms with E-state index in [1.165, 1.54) is 38.1 Å². The molecule has 8 aromatic carbocycles. The number of nitrogens with zero attached hydrogens (tertiary/aromatic N) is 2. The molecule has 0 radical (unpaired) electrons. The molecule has 0 fully saturated rings. The Morgan fingerprint density at radius 2 is 1.16 bits per heavy atom. The van der Waals surface area contributed by atoms with Crippen LogP contribution >= 0.6 is 0 Å². The molecule has 1 aromatic heterocycles. The largest absolute Gasteiger partial charge is 0.456 e. The van der Waals surface area contributed by atoms with Crippen molar-refractivity contribution in [1.82, 2.24) is 5.32 Å². The molecule has 0 spiro atoms. The highest BCUT2D eigenvalue weighted by atomic mass is 16.3. The molecule has 0 aliphatic carbocycles. The SMILES string of the molecule is c1ccc(-c2cc(C3=NC(c4cccc5oc6ccccc6c45)=NC(c4ccc5ccc6ccccc6c5c4)N3)cc3ccccc23)cc1. The van der Waals surface area contributed by atoms with Gasteiger partial charge in [-0.15, -0.1) is 0 Å². The summed E-state index contributed by atoms with van der Waals surface area (Å²) < 4.78 is 6.29. The molecule has 4 heteroatoms. The molecule has 49 heavy (non-hydrogen) atoms. The number of hydrogen-bond donors (Lipinski definition) is 1. The minimum Gasteiger partial charge on any atom is -0.456 e. The summed E-state index contributed by atoms with van der Waals surface area (Å²) in [7, 11) is 0. The summed E-state index contributed by atoms with van der Waals surface area (Å²) in [6.45, 7) is 0. The van der Waals surface area contributed by atoms with Gasteiger partial charge in [0.05, 0.1) is 0 Å². The van der Waals surface area contributed by atoms with Crippen LogP contribution in [0.4, 0.5) is 0 Å². The van der Waals surface area contributed by atoms with Crippen molar-refractivity contribution >= 4 is 65.9 Å². The van der Waals surface area contributed by atoms with Crippen LogP contribution in [-0.2, 0) is 0 Å². The number of para-hydroxylation sites is 1. The minimum atomic E-state index is -0.370. The fraction of sp³-hybridized carbons (Fsp3) is 0.0222. The van der Waals surface area contributed by atoms with Crippen LogP contribution in [0, 0.1) is 0 Å². The summed E-state index contributed by atoms with van der Waals surface area (Å²) in [6, 6.07) is 57.6. The lowest BCUT2D eigenvalue weighted by Gasteiger charge is -2.25. The van der Waals surface area contributed by atoms with E-state index in [2.05, 4.69) is 145 Å². The van der Waals surface area contributed by atoms with Crippen LogP contribution in [0.2, 0.25) is 0 Å². The second-order valence-electron chi connectivity index (χ2n) is 12.6. The zero-order valence-corrected chi connectivity index (χ0v) is 26.5. The quantitative estimate of drug-likeness (QED) is 0.197. The van der Waals surface area contributed by atoms with E-state index < -0.39 is 0 Å². The average Bonchev–Trinajstić information content (AvgIpc) is 3.56. The van der Waals surface area contributed by atoms with Gasteiger partial charge in [-0.3, -0.25) is 0 Å². The number of benzene rings is 8. The van der Waals surface area contributed by atoms with Crippen molar-refractivity contribution in [1.29, 1.82) is 0 Å². The van der Waals surface area contributed by atoms with Gasteiger partial charge in [-0.25, -0.2) is 9.98 Å². The molecular formula is C45H29N3O. The van der Waals surface area contributed by atoms with E-state index in [-0.39, 0.29) is 6.17 Å². The third-order valence-electron chi connectivity index (χ3n) is 9.69. The molecule has 10 rings (SSSR count). The molecule has 0 amide bonds. The minimum absolute atomic E-state index is 0.370. The van der Waals surface area contributed by atoms with Crippen LogP contribution < -0.4 is 5.32 Å². The van der Waals surface area contributed by atoms with Crippen molar-refractivity contribution in [2.24, 2.45) is 9.98 Å². The third kappa shape index (κ3) is 4.61. The lowest BCUT2D eigenvalue weighted by atomic mass is 9.94. The number of hydrogen-bond acceptors (Lipinski definition) is 4. The molecule has 0 bridgehead atoms. The van der Waals surface area contributed by atoms with Crippen molar-refractivity contribution < 1.29 is 4.42 Å². The summed E-state index contributed by atoms with van der Waals surface area (Å²) in [5, 5.41) is 13.1. The van der Waals surface area contributed by atoms with Crippen LogP contribution in [0.1, 0.15) is 22.9 Å². The maximum absolute atomic E-state index is 6.29. The van der Waals surface area contributed by atoms with Crippen LogP contribution in [0.15, 0.2) is 178 Å². The maximum Gasteiger partial charge on any atom is 0.160 e. The normalized spacial score (nSPS) is 14.7. The molecule has 1 atom stereocenters. The Morgan fingerprint density at radius 3 is 2.04 bits per heavy atom. The molecule has 9 aromatic rings. The number of fused-ring (bicyclic) bond motifs is 7. The standard InChI is InChI=1S/C45H29N3O/c1-2-11-28(12-3-1)39-27-33(25-31-14-5-7-16-35(31)39)44-46-43(32-24-23-30-22-21-29-13-4-6-15-34(29)38(30)26-32)47-45(48-44)37-18-10-20-41-42(37)36-17-8-9-19-40(36)49-41/h1-27,43H,(H,46,47,48). The van der Waals surface area contributed by atoms with E-state index in [9.17, 15) is 0 Å². The first-order valence-corrected chi connectivity index (χ1v) is 16.6. The van der Waals surface area contributed by atoms with E-state index >= 15 is 0 Å². The molecule has 1 aliphatic rings. The Morgan fingerprint density at radius 1 is 0.469 bits per heavy atom. The van der Waals surface area contributed by atoms with Crippen molar-refractivity contribution in [2.75, 3.05) is 0 Å². The molecule has 230 valence electrons. The van der Waals surface area contributed by atoms with Gasteiger partial charge in [-0.1, -0.05) is 133 Å². The second-order valence-corrected chi connectivity index (χ2v) is 12.6. The smallest absolute Gasteiger partial charge is 0.160 e. The first kappa shape index (κ1) is 27.6.